The molecule has 2 aromatic rings. The first-order valence-corrected chi connectivity index (χ1v) is 7.62. The normalized spacial score (nSPS) is 16.4. The molecule has 4 heteroatoms. The Morgan fingerprint density at radius 2 is 2.23 bits per heavy atom. The molecule has 1 heterocycles. The fraction of sp³-hybridized carbons (Fsp3) is 0.333. The summed E-state index contributed by atoms with van der Waals surface area (Å²) in [4.78, 5) is 16.0. The molecular formula is C18H19FN2O. The Morgan fingerprint density at radius 1 is 1.41 bits per heavy atom. The molecule has 1 aromatic carbocycles. The first-order valence-electron chi connectivity index (χ1n) is 7.62. The van der Waals surface area contributed by atoms with E-state index in [1.165, 1.54) is 11.6 Å². The van der Waals surface area contributed by atoms with E-state index < -0.39 is 0 Å². The second-order valence-corrected chi connectivity index (χ2v) is 5.73. The van der Waals surface area contributed by atoms with Gasteiger partial charge in [0.25, 0.3) is 0 Å². The summed E-state index contributed by atoms with van der Waals surface area (Å²) < 4.78 is 13.5. The Kier molecular flexibility index (Phi) is 3.92. The molecule has 22 heavy (non-hydrogen) atoms. The van der Waals surface area contributed by atoms with E-state index in [-0.39, 0.29) is 17.8 Å². The van der Waals surface area contributed by atoms with Gasteiger partial charge in [-0.05, 0) is 54.2 Å². The molecule has 3 nitrogen and oxygen atoms in total. The van der Waals surface area contributed by atoms with Gasteiger partial charge in [0.2, 0.25) is 5.91 Å². The summed E-state index contributed by atoms with van der Waals surface area (Å²) in [5, 5.41) is 3.04. The maximum atomic E-state index is 13.5. The van der Waals surface area contributed by atoms with Gasteiger partial charge in [0.15, 0.2) is 0 Å². The third-order valence-corrected chi connectivity index (χ3v) is 4.27. The van der Waals surface area contributed by atoms with Crippen LogP contribution in [-0.4, -0.2) is 10.9 Å². The zero-order valence-corrected chi connectivity index (χ0v) is 12.8. The molecule has 0 bridgehead atoms. The molecule has 1 aromatic heterocycles. The number of fused-ring (bicyclic) bond motifs is 1. The van der Waals surface area contributed by atoms with Crippen molar-refractivity contribution in [3.05, 3.63) is 53.1 Å². The van der Waals surface area contributed by atoms with Crippen molar-refractivity contribution in [3.63, 3.8) is 0 Å². The van der Waals surface area contributed by atoms with Gasteiger partial charge in [-0.15, -0.1) is 0 Å². The number of aromatic nitrogens is 1. The molecule has 1 N–H and O–H groups in total. The maximum Gasteiger partial charge on any atom is 0.220 e. The SMILES string of the molecule is CCC(=O)N[C@@H]1CCc2c(-c3ccc(F)c(C)c3)cncc21. The monoisotopic (exact) mass is 298 g/mol. The minimum atomic E-state index is -0.197. The van der Waals surface area contributed by atoms with Crippen LogP contribution in [0.3, 0.4) is 0 Å². The highest BCUT2D eigenvalue weighted by Gasteiger charge is 2.26. The number of rotatable bonds is 3. The lowest BCUT2D eigenvalue weighted by atomic mass is 9.98. The molecular weight excluding hydrogens is 279 g/mol. The highest BCUT2D eigenvalue weighted by atomic mass is 19.1. The number of nitrogens with zero attached hydrogens (tertiary/aromatic N) is 1. The molecule has 0 aliphatic heterocycles. The molecule has 1 atom stereocenters. The van der Waals surface area contributed by atoms with Gasteiger partial charge in [0, 0.05) is 24.4 Å². The number of carbonyl (C=O) groups is 1. The van der Waals surface area contributed by atoms with E-state index in [4.69, 9.17) is 0 Å². The van der Waals surface area contributed by atoms with Crippen molar-refractivity contribution in [1.29, 1.82) is 0 Å². The van der Waals surface area contributed by atoms with Crippen molar-refractivity contribution in [2.45, 2.75) is 39.2 Å². The zero-order chi connectivity index (χ0) is 15.7. The maximum absolute atomic E-state index is 13.5. The summed E-state index contributed by atoms with van der Waals surface area (Å²) in [6.07, 6.45) is 5.94. The number of halogens is 1. The fourth-order valence-electron chi connectivity index (χ4n) is 3.03. The van der Waals surface area contributed by atoms with Gasteiger partial charge in [-0.2, -0.15) is 0 Å². The summed E-state index contributed by atoms with van der Waals surface area (Å²) in [6.45, 7) is 3.61. The van der Waals surface area contributed by atoms with Crippen molar-refractivity contribution < 1.29 is 9.18 Å². The van der Waals surface area contributed by atoms with Crippen molar-refractivity contribution in [3.8, 4) is 11.1 Å². The lowest BCUT2D eigenvalue weighted by Crippen LogP contribution is -2.26. The molecule has 1 aliphatic rings. The molecule has 0 saturated carbocycles. The lowest BCUT2D eigenvalue weighted by Gasteiger charge is -2.14. The Morgan fingerprint density at radius 3 is 2.95 bits per heavy atom. The number of hydrogen-bond acceptors (Lipinski definition) is 2. The number of hydrogen-bond donors (Lipinski definition) is 1. The largest absolute Gasteiger partial charge is 0.349 e. The van der Waals surface area contributed by atoms with Gasteiger partial charge in [-0.1, -0.05) is 13.0 Å². The number of benzene rings is 1. The van der Waals surface area contributed by atoms with E-state index in [1.807, 2.05) is 25.4 Å². The van der Waals surface area contributed by atoms with Crippen LogP contribution in [0, 0.1) is 12.7 Å². The number of amides is 1. The third kappa shape index (κ3) is 2.61. The molecule has 1 amide bonds. The quantitative estimate of drug-likeness (QED) is 0.938. The van der Waals surface area contributed by atoms with Crippen LogP contribution in [0.1, 0.15) is 42.5 Å². The molecule has 114 valence electrons. The van der Waals surface area contributed by atoms with Gasteiger partial charge in [0.1, 0.15) is 5.82 Å². The minimum absolute atomic E-state index is 0.0384. The first-order chi connectivity index (χ1) is 10.6. The average Bonchev–Trinajstić information content (AvgIpc) is 2.93. The standard InChI is InChI=1S/C18H19FN2O/c1-3-18(22)21-17-7-5-13-14(9-20-10-15(13)17)12-4-6-16(19)11(2)8-12/h4,6,8-10,17H,3,5,7H2,1-2H3,(H,21,22)/t17-/m1/s1. The van der Waals surface area contributed by atoms with Crippen LogP contribution in [0.2, 0.25) is 0 Å². The number of pyridine rings is 1. The molecule has 1 aliphatic carbocycles. The topological polar surface area (TPSA) is 42.0 Å². The van der Waals surface area contributed by atoms with E-state index >= 15 is 0 Å². The Hall–Kier alpha value is -2.23. The van der Waals surface area contributed by atoms with Crippen LogP contribution in [0.5, 0.6) is 0 Å². The van der Waals surface area contributed by atoms with Crippen molar-refractivity contribution in [1.82, 2.24) is 10.3 Å². The Labute approximate surface area is 129 Å². The second kappa shape index (κ2) is 5.87. The summed E-state index contributed by atoms with van der Waals surface area (Å²) in [7, 11) is 0. The summed E-state index contributed by atoms with van der Waals surface area (Å²) >= 11 is 0. The number of carbonyl (C=O) groups excluding carboxylic acids is 1. The van der Waals surface area contributed by atoms with Crippen LogP contribution in [0.25, 0.3) is 11.1 Å². The van der Waals surface area contributed by atoms with Crippen LogP contribution < -0.4 is 5.32 Å². The summed E-state index contributed by atoms with van der Waals surface area (Å²) in [5.41, 5.74) is 4.94. The van der Waals surface area contributed by atoms with Crippen LogP contribution in [-0.2, 0) is 11.2 Å². The van der Waals surface area contributed by atoms with Gasteiger partial charge in [-0.3, -0.25) is 9.78 Å². The van der Waals surface area contributed by atoms with Gasteiger partial charge in [-0.25, -0.2) is 4.39 Å². The highest BCUT2D eigenvalue weighted by molar-refractivity contribution is 5.77. The van der Waals surface area contributed by atoms with E-state index in [0.717, 1.165) is 29.5 Å². The predicted molar refractivity (Wildman–Crippen MR) is 83.9 cm³/mol. The smallest absolute Gasteiger partial charge is 0.220 e. The fourth-order valence-corrected chi connectivity index (χ4v) is 3.03. The van der Waals surface area contributed by atoms with Crippen molar-refractivity contribution >= 4 is 5.91 Å². The van der Waals surface area contributed by atoms with E-state index in [1.54, 1.807) is 13.0 Å². The summed E-state index contributed by atoms with van der Waals surface area (Å²) in [6, 6.07) is 5.17. The first kappa shape index (κ1) is 14.7. The molecule has 0 unspecified atom stereocenters. The van der Waals surface area contributed by atoms with Gasteiger partial charge in [0.05, 0.1) is 6.04 Å². The molecule has 3 rings (SSSR count). The molecule has 0 radical (unpaired) electrons. The van der Waals surface area contributed by atoms with Crippen LogP contribution in [0.4, 0.5) is 4.39 Å². The van der Waals surface area contributed by atoms with E-state index in [9.17, 15) is 9.18 Å². The second-order valence-electron chi connectivity index (χ2n) is 5.73. The zero-order valence-electron chi connectivity index (χ0n) is 12.8. The van der Waals surface area contributed by atoms with Crippen LogP contribution in [0.15, 0.2) is 30.6 Å². The molecule has 0 spiro atoms. The van der Waals surface area contributed by atoms with Gasteiger partial charge >= 0.3 is 0 Å². The van der Waals surface area contributed by atoms with Crippen molar-refractivity contribution in [2.24, 2.45) is 0 Å². The number of nitrogens with one attached hydrogen (secondary N) is 1. The van der Waals surface area contributed by atoms with Crippen LogP contribution >= 0.6 is 0 Å². The minimum Gasteiger partial charge on any atom is -0.349 e. The lowest BCUT2D eigenvalue weighted by molar-refractivity contribution is -0.121. The third-order valence-electron chi connectivity index (χ3n) is 4.27. The predicted octanol–water partition coefficient (Wildman–Crippen LogP) is 3.71. The van der Waals surface area contributed by atoms with E-state index in [0.29, 0.717) is 12.0 Å². The number of aryl methyl sites for hydroxylation is 1. The van der Waals surface area contributed by atoms with E-state index in [2.05, 4.69) is 10.3 Å². The highest BCUT2D eigenvalue weighted by Crippen LogP contribution is 2.37. The van der Waals surface area contributed by atoms with Crippen molar-refractivity contribution in [2.75, 3.05) is 0 Å². The molecule has 0 saturated heterocycles. The summed E-state index contributed by atoms with van der Waals surface area (Å²) in [5.74, 6) is -0.141. The van der Waals surface area contributed by atoms with Gasteiger partial charge < -0.3 is 5.32 Å². The molecule has 0 fully saturated rings. The Balaban J connectivity index is 1.99. The Bertz CT molecular complexity index is 727. The average molecular weight is 298 g/mol.